The van der Waals surface area contributed by atoms with Crippen molar-refractivity contribution in [3.8, 4) is 0 Å². The molecule has 0 amide bonds. The highest BCUT2D eigenvalue weighted by molar-refractivity contribution is 4.77. The molecule has 2 aliphatic carbocycles. The van der Waals surface area contributed by atoms with Crippen LogP contribution in [0.5, 0.6) is 0 Å². The Morgan fingerprint density at radius 2 is 1.86 bits per heavy atom. The number of hydrogen-bond acceptors (Lipinski definition) is 1. The van der Waals surface area contributed by atoms with Gasteiger partial charge in [0, 0.05) is 6.04 Å². The van der Waals surface area contributed by atoms with Gasteiger partial charge in [0.15, 0.2) is 0 Å². The van der Waals surface area contributed by atoms with Crippen LogP contribution in [0.4, 0.5) is 0 Å². The molecule has 1 heteroatoms. The van der Waals surface area contributed by atoms with Crippen LogP contribution in [0.2, 0.25) is 0 Å². The Hall–Kier alpha value is -0.0400. The smallest absolute Gasteiger partial charge is 0.00696 e. The third-order valence-corrected chi connectivity index (χ3v) is 4.15. The molecule has 0 saturated heterocycles. The highest BCUT2D eigenvalue weighted by Crippen LogP contribution is 2.29. The standard InChI is InChI=1S/C13H25N/c1-11-4-2-7-13(10-11)14-9-8-12-5-3-6-12/h11-14H,2-10H2,1H3. The maximum absolute atomic E-state index is 3.75. The van der Waals surface area contributed by atoms with Gasteiger partial charge in [0.25, 0.3) is 0 Å². The van der Waals surface area contributed by atoms with E-state index in [0.29, 0.717) is 0 Å². The predicted octanol–water partition coefficient (Wildman–Crippen LogP) is 3.34. The van der Waals surface area contributed by atoms with E-state index in [1.54, 1.807) is 0 Å². The summed E-state index contributed by atoms with van der Waals surface area (Å²) in [6, 6.07) is 0.846. The van der Waals surface area contributed by atoms with Crippen molar-refractivity contribution < 1.29 is 0 Å². The third kappa shape index (κ3) is 2.98. The van der Waals surface area contributed by atoms with Crippen LogP contribution in [0.25, 0.3) is 0 Å². The van der Waals surface area contributed by atoms with Crippen LogP contribution in [-0.4, -0.2) is 12.6 Å². The molecular formula is C13H25N. The molecule has 0 heterocycles. The first-order valence-electron chi connectivity index (χ1n) is 6.58. The molecule has 82 valence electrons. The number of rotatable bonds is 4. The van der Waals surface area contributed by atoms with E-state index in [2.05, 4.69) is 12.2 Å². The second-order valence-electron chi connectivity index (χ2n) is 5.51. The average molecular weight is 195 g/mol. The van der Waals surface area contributed by atoms with Crippen LogP contribution >= 0.6 is 0 Å². The van der Waals surface area contributed by atoms with E-state index in [1.807, 2.05) is 0 Å². The van der Waals surface area contributed by atoms with Gasteiger partial charge in [-0.15, -0.1) is 0 Å². The molecule has 0 aromatic rings. The first-order chi connectivity index (χ1) is 6.84. The molecule has 0 aliphatic heterocycles. The minimum atomic E-state index is 0.846. The zero-order valence-corrected chi connectivity index (χ0v) is 9.60. The van der Waals surface area contributed by atoms with Crippen LogP contribution in [0.3, 0.4) is 0 Å². The van der Waals surface area contributed by atoms with Gasteiger partial charge >= 0.3 is 0 Å². The summed E-state index contributed by atoms with van der Waals surface area (Å²) in [5.74, 6) is 2.04. The summed E-state index contributed by atoms with van der Waals surface area (Å²) < 4.78 is 0. The molecule has 1 nitrogen and oxygen atoms in total. The summed E-state index contributed by atoms with van der Waals surface area (Å²) in [4.78, 5) is 0. The molecule has 2 saturated carbocycles. The van der Waals surface area contributed by atoms with Gasteiger partial charge in [-0.05, 0) is 37.6 Å². The maximum Gasteiger partial charge on any atom is 0.00696 e. The molecule has 0 aromatic carbocycles. The summed E-state index contributed by atoms with van der Waals surface area (Å²) in [5.41, 5.74) is 0. The summed E-state index contributed by atoms with van der Waals surface area (Å²) in [6.45, 7) is 3.68. The fourth-order valence-electron chi connectivity index (χ4n) is 2.89. The van der Waals surface area contributed by atoms with Crippen LogP contribution in [-0.2, 0) is 0 Å². The lowest BCUT2D eigenvalue weighted by atomic mass is 9.82. The molecular weight excluding hydrogens is 170 g/mol. The highest BCUT2D eigenvalue weighted by Gasteiger charge is 2.20. The molecule has 2 unspecified atom stereocenters. The Bertz CT molecular complexity index is 163. The lowest BCUT2D eigenvalue weighted by molar-refractivity contribution is 0.263. The van der Waals surface area contributed by atoms with Crippen molar-refractivity contribution in [1.82, 2.24) is 5.32 Å². The van der Waals surface area contributed by atoms with Crippen LogP contribution < -0.4 is 5.32 Å². The fourth-order valence-corrected chi connectivity index (χ4v) is 2.89. The number of hydrogen-bond donors (Lipinski definition) is 1. The second-order valence-corrected chi connectivity index (χ2v) is 5.51. The Morgan fingerprint density at radius 1 is 1.07 bits per heavy atom. The molecule has 0 radical (unpaired) electrons. The summed E-state index contributed by atoms with van der Waals surface area (Å²) in [5, 5.41) is 3.75. The van der Waals surface area contributed by atoms with Gasteiger partial charge in [0.1, 0.15) is 0 Å². The highest BCUT2D eigenvalue weighted by atomic mass is 14.9. The zero-order valence-electron chi connectivity index (χ0n) is 9.60. The van der Waals surface area contributed by atoms with E-state index in [4.69, 9.17) is 0 Å². The summed E-state index contributed by atoms with van der Waals surface area (Å²) in [6.07, 6.45) is 11.7. The molecule has 2 rings (SSSR count). The zero-order chi connectivity index (χ0) is 9.80. The van der Waals surface area contributed by atoms with Gasteiger partial charge in [-0.1, -0.05) is 39.0 Å². The van der Waals surface area contributed by atoms with Crippen molar-refractivity contribution >= 4 is 0 Å². The molecule has 2 aliphatic rings. The van der Waals surface area contributed by atoms with E-state index in [-0.39, 0.29) is 0 Å². The van der Waals surface area contributed by atoms with Crippen molar-refractivity contribution in [3.63, 3.8) is 0 Å². The Balaban J connectivity index is 1.55. The van der Waals surface area contributed by atoms with E-state index in [0.717, 1.165) is 17.9 Å². The monoisotopic (exact) mass is 195 g/mol. The second kappa shape index (κ2) is 5.16. The quantitative estimate of drug-likeness (QED) is 0.725. The van der Waals surface area contributed by atoms with Crippen molar-refractivity contribution in [2.24, 2.45) is 11.8 Å². The van der Waals surface area contributed by atoms with Crippen molar-refractivity contribution in [1.29, 1.82) is 0 Å². The van der Waals surface area contributed by atoms with E-state index < -0.39 is 0 Å². The average Bonchev–Trinajstić information content (AvgIpc) is 2.09. The van der Waals surface area contributed by atoms with Gasteiger partial charge in [0.05, 0.1) is 0 Å². The van der Waals surface area contributed by atoms with E-state index in [9.17, 15) is 0 Å². The van der Waals surface area contributed by atoms with Crippen molar-refractivity contribution in [2.45, 2.75) is 64.3 Å². The lowest BCUT2D eigenvalue weighted by Crippen LogP contribution is -2.35. The van der Waals surface area contributed by atoms with Crippen molar-refractivity contribution in [3.05, 3.63) is 0 Å². The molecule has 0 aromatic heterocycles. The third-order valence-electron chi connectivity index (χ3n) is 4.15. The number of nitrogens with one attached hydrogen (secondary N) is 1. The van der Waals surface area contributed by atoms with Gasteiger partial charge in [-0.2, -0.15) is 0 Å². The minimum Gasteiger partial charge on any atom is -0.314 e. The van der Waals surface area contributed by atoms with E-state index >= 15 is 0 Å². The lowest BCUT2D eigenvalue weighted by Gasteiger charge is -2.30. The Kier molecular flexibility index (Phi) is 3.86. The van der Waals surface area contributed by atoms with Crippen LogP contribution in [0, 0.1) is 11.8 Å². The Labute approximate surface area is 88.7 Å². The SMILES string of the molecule is CC1CCCC(NCCC2CCC2)C1. The molecule has 0 bridgehead atoms. The van der Waals surface area contributed by atoms with Gasteiger partial charge in [-0.3, -0.25) is 0 Å². The van der Waals surface area contributed by atoms with E-state index in [1.165, 1.54) is 57.9 Å². The van der Waals surface area contributed by atoms with Gasteiger partial charge < -0.3 is 5.32 Å². The normalized spacial score (nSPS) is 34.1. The Morgan fingerprint density at radius 3 is 2.50 bits per heavy atom. The molecule has 2 fully saturated rings. The van der Waals surface area contributed by atoms with Crippen LogP contribution in [0.15, 0.2) is 0 Å². The van der Waals surface area contributed by atoms with Gasteiger partial charge in [-0.25, -0.2) is 0 Å². The predicted molar refractivity (Wildman–Crippen MR) is 61.4 cm³/mol. The first-order valence-corrected chi connectivity index (χ1v) is 6.58. The fraction of sp³-hybridized carbons (Fsp3) is 1.00. The maximum atomic E-state index is 3.75. The molecule has 2 atom stereocenters. The van der Waals surface area contributed by atoms with Crippen LogP contribution in [0.1, 0.15) is 58.3 Å². The summed E-state index contributed by atoms with van der Waals surface area (Å²) in [7, 11) is 0. The topological polar surface area (TPSA) is 12.0 Å². The largest absolute Gasteiger partial charge is 0.314 e. The molecule has 14 heavy (non-hydrogen) atoms. The summed E-state index contributed by atoms with van der Waals surface area (Å²) >= 11 is 0. The molecule has 0 spiro atoms. The minimum absolute atomic E-state index is 0.846. The van der Waals surface area contributed by atoms with Crippen molar-refractivity contribution in [2.75, 3.05) is 6.54 Å². The van der Waals surface area contributed by atoms with Gasteiger partial charge in [0.2, 0.25) is 0 Å². The first kappa shape index (κ1) is 10.5. The molecule has 1 N–H and O–H groups in total.